The number of nitrogens with one attached hydrogen (secondary N) is 1. The fourth-order valence-corrected chi connectivity index (χ4v) is 3.01. The van der Waals surface area contributed by atoms with Crippen LogP contribution < -0.4 is 10.2 Å². The van der Waals surface area contributed by atoms with E-state index >= 15 is 0 Å². The van der Waals surface area contributed by atoms with Gasteiger partial charge >= 0.3 is 0 Å². The molecular formula is C21H17Cl2N3O3. The average Bonchev–Trinajstić information content (AvgIpc) is 2.72. The molecule has 0 radical (unpaired) electrons. The summed E-state index contributed by atoms with van der Waals surface area (Å²) < 4.78 is 5.70. The Bertz CT molecular complexity index is 986. The van der Waals surface area contributed by atoms with E-state index in [-0.39, 0.29) is 5.69 Å². The molecule has 0 heterocycles. The molecule has 0 amide bonds. The van der Waals surface area contributed by atoms with Gasteiger partial charge in [-0.3, -0.25) is 10.1 Å². The van der Waals surface area contributed by atoms with E-state index in [1.807, 2.05) is 24.3 Å². The Balaban J connectivity index is 1.49. The molecule has 0 fully saturated rings. The summed E-state index contributed by atoms with van der Waals surface area (Å²) in [5, 5.41) is 16.0. The Morgan fingerprint density at radius 2 is 1.66 bits per heavy atom. The quantitative estimate of drug-likeness (QED) is 0.287. The molecule has 3 rings (SSSR count). The van der Waals surface area contributed by atoms with Crippen LogP contribution in [0.3, 0.4) is 0 Å². The topological polar surface area (TPSA) is 76.8 Å². The molecule has 0 atom stereocenters. The van der Waals surface area contributed by atoms with E-state index in [1.54, 1.807) is 36.5 Å². The predicted octanol–water partition coefficient (Wildman–Crippen LogP) is 5.60. The van der Waals surface area contributed by atoms with Crippen LogP contribution in [0.25, 0.3) is 0 Å². The number of benzene rings is 3. The van der Waals surface area contributed by atoms with Crippen molar-refractivity contribution in [3.05, 3.63) is 104 Å². The summed E-state index contributed by atoms with van der Waals surface area (Å²) in [6, 6.07) is 19.0. The summed E-state index contributed by atoms with van der Waals surface area (Å²) >= 11 is 12.2. The van der Waals surface area contributed by atoms with Crippen LogP contribution in [0.5, 0.6) is 5.75 Å². The van der Waals surface area contributed by atoms with Crippen LogP contribution in [0.1, 0.15) is 16.7 Å². The van der Waals surface area contributed by atoms with Crippen molar-refractivity contribution in [3.63, 3.8) is 0 Å². The fraction of sp³-hybridized carbons (Fsp3) is 0.0952. The number of nitro benzene ring substituents is 1. The van der Waals surface area contributed by atoms with Crippen LogP contribution in [0.15, 0.2) is 71.8 Å². The van der Waals surface area contributed by atoms with Crippen molar-refractivity contribution in [3.8, 4) is 5.75 Å². The van der Waals surface area contributed by atoms with Gasteiger partial charge in [0.2, 0.25) is 0 Å². The summed E-state index contributed by atoms with van der Waals surface area (Å²) in [6.45, 7) is 0.747. The van der Waals surface area contributed by atoms with E-state index in [9.17, 15) is 10.1 Å². The van der Waals surface area contributed by atoms with Gasteiger partial charge in [-0.05, 0) is 59.7 Å². The highest BCUT2D eigenvalue weighted by atomic mass is 35.5. The highest BCUT2D eigenvalue weighted by Crippen LogP contribution is 2.23. The number of non-ortho nitro benzene ring substituents is 1. The Morgan fingerprint density at radius 3 is 2.28 bits per heavy atom. The van der Waals surface area contributed by atoms with Crippen molar-refractivity contribution >= 4 is 35.1 Å². The lowest BCUT2D eigenvalue weighted by Gasteiger charge is -2.07. The van der Waals surface area contributed by atoms with Gasteiger partial charge in [0.05, 0.1) is 17.7 Å². The predicted molar refractivity (Wildman–Crippen MR) is 115 cm³/mol. The van der Waals surface area contributed by atoms with Crippen molar-refractivity contribution in [2.45, 2.75) is 13.2 Å². The van der Waals surface area contributed by atoms with Crippen molar-refractivity contribution in [2.24, 2.45) is 5.10 Å². The standard InChI is InChI=1S/C21H17Cl2N3O3/c22-20-2-1-3-21(23)19(20)13-25-24-12-15-6-10-18(11-7-15)29-14-16-4-8-17(9-5-16)26(27)28/h1-12,25H,13-14H2/b24-12+. The molecule has 1 N–H and O–H groups in total. The van der Waals surface area contributed by atoms with Crippen molar-refractivity contribution in [1.29, 1.82) is 0 Å². The van der Waals surface area contributed by atoms with Gasteiger partial charge in [0.25, 0.3) is 5.69 Å². The molecule has 0 unspecified atom stereocenters. The third kappa shape index (κ3) is 5.94. The normalized spacial score (nSPS) is 10.8. The molecule has 0 spiro atoms. The van der Waals surface area contributed by atoms with Gasteiger partial charge in [-0.25, -0.2) is 0 Å². The largest absolute Gasteiger partial charge is 0.489 e. The molecule has 8 heteroatoms. The zero-order valence-electron chi connectivity index (χ0n) is 15.2. The number of ether oxygens (including phenoxy) is 1. The van der Waals surface area contributed by atoms with Crippen molar-refractivity contribution in [2.75, 3.05) is 0 Å². The number of hydrogen-bond donors (Lipinski definition) is 1. The third-order valence-corrected chi connectivity index (χ3v) is 4.76. The van der Waals surface area contributed by atoms with Crippen LogP contribution >= 0.6 is 23.2 Å². The molecule has 0 bridgehead atoms. The second-order valence-electron chi connectivity index (χ2n) is 6.07. The molecule has 3 aromatic carbocycles. The number of rotatable bonds is 8. The lowest BCUT2D eigenvalue weighted by atomic mass is 10.2. The van der Waals surface area contributed by atoms with Crippen LogP contribution in [-0.2, 0) is 13.2 Å². The van der Waals surface area contributed by atoms with Gasteiger partial charge < -0.3 is 10.2 Å². The Morgan fingerprint density at radius 1 is 1.00 bits per heavy atom. The van der Waals surface area contributed by atoms with Gasteiger partial charge in [0.1, 0.15) is 12.4 Å². The number of hydrazone groups is 1. The maximum Gasteiger partial charge on any atom is 0.269 e. The zero-order valence-corrected chi connectivity index (χ0v) is 16.7. The molecule has 0 aliphatic rings. The first-order valence-electron chi connectivity index (χ1n) is 8.68. The highest BCUT2D eigenvalue weighted by molar-refractivity contribution is 6.35. The Hall–Kier alpha value is -3.09. The van der Waals surface area contributed by atoms with Crippen molar-refractivity contribution in [1.82, 2.24) is 5.43 Å². The first kappa shape index (κ1) is 20.6. The molecule has 6 nitrogen and oxygen atoms in total. The van der Waals surface area contributed by atoms with Gasteiger partial charge in [-0.1, -0.05) is 29.3 Å². The Kier molecular flexibility index (Phi) is 7.05. The minimum absolute atomic E-state index is 0.0582. The second kappa shape index (κ2) is 9.91. The number of hydrogen-bond acceptors (Lipinski definition) is 5. The minimum Gasteiger partial charge on any atom is -0.489 e. The molecular weight excluding hydrogens is 413 g/mol. The van der Waals surface area contributed by atoms with Crippen LogP contribution in [-0.4, -0.2) is 11.1 Å². The molecule has 0 aromatic heterocycles. The SMILES string of the molecule is O=[N+]([O-])c1ccc(COc2ccc(/C=N/NCc3c(Cl)cccc3Cl)cc2)cc1. The first-order chi connectivity index (χ1) is 14.0. The van der Waals surface area contributed by atoms with E-state index in [4.69, 9.17) is 27.9 Å². The minimum atomic E-state index is -0.428. The number of halogens is 2. The van der Waals surface area contributed by atoms with Crippen LogP contribution in [0.4, 0.5) is 5.69 Å². The van der Waals surface area contributed by atoms with Gasteiger partial charge in [0, 0.05) is 27.7 Å². The third-order valence-electron chi connectivity index (χ3n) is 4.06. The maximum absolute atomic E-state index is 10.7. The van der Waals surface area contributed by atoms with Crippen LogP contribution in [0.2, 0.25) is 10.0 Å². The summed E-state index contributed by atoms with van der Waals surface area (Å²) in [6.07, 6.45) is 1.69. The first-order valence-corrected chi connectivity index (χ1v) is 9.43. The molecule has 0 saturated carbocycles. The van der Waals surface area contributed by atoms with Gasteiger partial charge in [0.15, 0.2) is 0 Å². The molecule has 29 heavy (non-hydrogen) atoms. The van der Waals surface area contributed by atoms with E-state index in [2.05, 4.69) is 10.5 Å². The van der Waals surface area contributed by atoms with Crippen molar-refractivity contribution < 1.29 is 9.66 Å². The van der Waals surface area contributed by atoms with Gasteiger partial charge in [-0.15, -0.1) is 0 Å². The van der Waals surface area contributed by atoms with E-state index in [0.717, 1.165) is 16.7 Å². The summed E-state index contributed by atoms with van der Waals surface area (Å²) in [5.41, 5.74) is 5.52. The zero-order chi connectivity index (χ0) is 20.6. The maximum atomic E-state index is 10.7. The highest BCUT2D eigenvalue weighted by Gasteiger charge is 2.05. The van der Waals surface area contributed by atoms with Crippen LogP contribution in [0, 0.1) is 10.1 Å². The lowest BCUT2D eigenvalue weighted by molar-refractivity contribution is -0.384. The van der Waals surface area contributed by atoms with E-state index in [1.165, 1.54) is 12.1 Å². The second-order valence-corrected chi connectivity index (χ2v) is 6.89. The summed E-state index contributed by atoms with van der Waals surface area (Å²) in [7, 11) is 0. The van der Waals surface area contributed by atoms with E-state index < -0.39 is 4.92 Å². The number of nitro groups is 1. The van der Waals surface area contributed by atoms with E-state index in [0.29, 0.717) is 28.9 Å². The average molecular weight is 430 g/mol. The molecule has 148 valence electrons. The molecule has 0 aliphatic heterocycles. The summed E-state index contributed by atoms with van der Waals surface area (Å²) in [4.78, 5) is 10.2. The molecule has 3 aromatic rings. The number of nitrogens with zero attached hydrogens (tertiary/aromatic N) is 2. The molecule has 0 aliphatic carbocycles. The Labute approximate surface area is 177 Å². The molecule has 0 saturated heterocycles. The monoisotopic (exact) mass is 429 g/mol. The fourth-order valence-electron chi connectivity index (χ4n) is 2.48. The summed E-state index contributed by atoms with van der Waals surface area (Å²) in [5.74, 6) is 0.691. The lowest BCUT2D eigenvalue weighted by Crippen LogP contribution is -2.06. The smallest absolute Gasteiger partial charge is 0.269 e. The van der Waals surface area contributed by atoms with Gasteiger partial charge in [-0.2, -0.15) is 5.10 Å².